The number of fused-ring (bicyclic) bond motifs is 15. The first-order valence-electron chi connectivity index (χ1n) is 18.1. The molecule has 0 fully saturated rings. The lowest BCUT2D eigenvalue weighted by Crippen LogP contribution is -2.35. The summed E-state index contributed by atoms with van der Waals surface area (Å²) in [7, 11) is 4.70. The number of alkyl halides is 3. The molecule has 1 atom stereocenters. The van der Waals surface area contributed by atoms with E-state index in [1.165, 1.54) is 18.2 Å². The van der Waals surface area contributed by atoms with Crippen molar-refractivity contribution in [1.82, 2.24) is 0 Å². The first-order valence-corrected chi connectivity index (χ1v) is 18.1. The largest absolute Gasteiger partial charge is 0.497 e. The molecular weight excluding hydrogens is 717 g/mol. The highest BCUT2D eigenvalue weighted by molar-refractivity contribution is 6.12. The zero-order valence-electron chi connectivity index (χ0n) is 30.4. The molecule has 8 heteroatoms. The summed E-state index contributed by atoms with van der Waals surface area (Å²) < 4.78 is 83.4. The molecule has 0 aromatic heterocycles. The monoisotopic (exact) mass is 748 g/mol. The molecule has 0 N–H and O–H groups in total. The van der Waals surface area contributed by atoms with Crippen LogP contribution in [0.25, 0.3) is 39.1 Å². The number of hydrogen-bond donors (Lipinski definition) is 0. The second-order valence-electron chi connectivity index (χ2n) is 14.3. The van der Waals surface area contributed by atoms with Crippen molar-refractivity contribution in [2.24, 2.45) is 0 Å². The minimum absolute atomic E-state index is 0.393. The zero-order valence-corrected chi connectivity index (χ0v) is 30.4. The van der Waals surface area contributed by atoms with Crippen molar-refractivity contribution >= 4 is 16.8 Å². The molecule has 4 nitrogen and oxygen atoms in total. The van der Waals surface area contributed by atoms with Crippen LogP contribution in [0, 0.1) is 5.82 Å². The molecule has 7 aromatic rings. The van der Waals surface area contributed by atoms with Gasteiger partial charge in [-0.05, 0) is 105 Å². The van der Waals surface area contributed by atoms with Crippen molar-refractivity contribution in [3.63, 3.8) is 0 Å². The molecule has 0 radical (unpaired) electrons. The van der Waals surface area contributed by atoms with Gasteiger partial charge in [-0.1, -0.05) is 84.9 Å². The lowest BCUT2D eigenvalue weighted by atomic mass is 9.68. The van der Waals surface area contributed by atoms with Gasteiger partial charge in [0.1, 0.15) is 17.3 Å². The molecule has 1 unspecified atom stereocenters. The summed E-state index contributed by atoms with van der Waals surface area (Å²) in [6, 6.07) is 37.5. The van der Waals surface area contributed by atoms with Crippen molar-refractivity contribution in [3.8, 4) is 45.3 Å². The lowest BCUT2D eigenvalue weighted by molar-refractivity contribution is -0.137. The molecular formula is C48H32F4O4. The Labute approximate surface area is 320 Å². The standard InChI is InChI=1S/C48H32F4O4/c1-53-31-19-14-28(15-20-31)46(27-12-17-30(49)18-13-27)23-22-35-44-43(36-25-41(54-2)42(55-3)26-37(36)45(35)56-46)34-21-16-29(48(50,51)52)24-40(34)47(44)38-10-6-4-8-32(38)33-9-5-7-11-39(33)47/h4-26H,1-3H3. The van der Waals surface area contributed by atoms with Gasteiger partial charge in [-0.2, -0.15) is 13.2 Å². The number of benzene rings is 7. The van der Waals surface area contributed by atoms with Crippen LogP contribution in [0.15, 0.2) is 133 Å². The summed E-state index contributed by atoms with van der Waals surface area (Å²) in [5, 5.41) is 1.39. The van der Waals surface area contributed by atoms with Crippen LogP contribution in [0.4, 0.5) is 17.6 Å². The van der Waals surface area contributed by atoms with Gasteiger partial charge < -0.3 is 18.9 Å². The quantitative estimate of drug-likeness (QED) is 0.164. The van der Waals surface area contributed by atoms with Crippen LogP contribution < -0.4 is 18.9 Å². The third kappa shape index (κ3) is 4.47. The maximum atomic E-state index is 14.7. The predicted octanol–water partition coefficient (Wildman–Crippen LogP) is 11.7. The van der Waals surface area contributed by atoms with Crippen LogP contribution in [-0.4, -0.2) is 21.3 Å². The highest BCUT2D eigenvalue weighted by Gasteiger charge is 2.55. The predicted molar refractivity (Wildman–Crippen MR) is 208 cm³/mol. The molecule has 56 heavy (non-hydrogen) atoms. The molecule has 1 aliphatic heterocycles. The number of rotatable bonds is 5. The second-order valence-corrected chi connectivity index (χ2v) is 14.3. The van der Waals surface area contributed by atoms with E-state index in [4.69, 9.17) is 18.9 Å². The van der Waals surface area contributed by atoms with E-state index in [-0.39, 0.29) is 0 Å². The molecule has 276 valence electrons. The molecule has 0 saturated heterocycles. The minimum Gasteiger partial charge on any atom is -0.497 e. The molecule has 0 bridgehead atoms. The van der Waals surface area contributed by atoms with E-state index < -0.39 is 28.6 Å². The Hall–Kier alpha value is -6.54. The first-order chi connectivity index (χ1) is 27.1. The zero-order chi connectivity index (χ0) is 38.6. The van der Waals surface area contributed by atoms with E-state index in [1.54, 1.807) is 39.5 Å². The van der Waals surface area contributed by atoms with Gasteiger partial charge in [0.05, 0.1) is 32.3 Å². The minimum atomic E-state index is -4.59. The van der Waals surface area contributed by atoms with Gasteiger partial charge in [0.15, 0.2) is 17.1 Å². The summed E-state index contributed by atoms with van der Waals surface area (Å²) in [6.07, 6.45) is -0.609. The Balaban J connectivity index is 1.39. The van der Waals surface area contributed by atoms with Crippen LogP contribution >= 0.6 is 0 Å². The van der Waals surface area contributed by atoms with E-state index >= 15 is 0 Å². The van der Waals surface area contributed by atoms with E-state index in [0.29, 0.717) is 56.0 Å². The van der Waals surface area contributed by atoms with Crippen molar-refractivity contribution in [3.05, 3.63) is 184 Å². The summed E-state index contributed by atoms with van der Waals surface area (Å²) in [5.74, 6) is 1.66. The number of halogens is 4. The fourth-order valence-corrected chi connectivity index (χ4v) is 9.33. The fraction of sp³-hybridized carbons (Fsp3) is 0.125. The van der Waals surface area contributed by atoms with E-state index in [0.717, 1.165) is 45.0 Å². The molecule has 1 spiro atoms. The molecule has 2 aliphatic carbocycles. The number of methoxy groups -OCH3 is 3. The van der Waals surface area contributed by atoms with Crippen LogP contribution in [0.2, 0.25) is 0 Å². The van der Waals surface area contributed by atoms with Gasteiger partial charge in [-0.3, -0.25) is 0 Å². The molecule has 3 aliphatic rings. The maximum Gasteiger partial charge on any atom is 0.416 e. The second kappa shape index (κ2) is 12.0. The van der Waals surface area contributed by atoms with E-state index in [9.17, 15) is 17.6 Å². The van der Waals surface area contributed by atoms with Crippen LogP contribution in [0.3, 0.4) is 0 Å². The summed E-state index contributed by atoms with van der Waals surface area (Å²) in [5.41, 5.74) is 5.42. The summed E-state index contributed by atoms with van der Waals surface area (Å²) in [4.78, 5) is 0. The van der Waals surface area contributed by atoms with Gasteiger partial charge in [-0.25, -0.2) is 4.39 Å². The van der Waals surface area contributed by atoms with Crippen molar-refractivity contribution in [2.75, 3.05) is 21.3 Å². The van der Waals surface area contributed by atoms with E-state index in [1.807, 2.05) is 97.1 Å². The van der Waals surface area contributed by atoms with Crippen molar-refractivity contribution < 1.29 is 36.5 Å². The molecule has 0 saturated carbocycles. The molecule has 10 rings (SSSR count). The summed E-state index contributed by atoms with van der Waals surface area (Å²) in [6.45, 7) is 0. The number of hydrogen-bond acceptors (Lipinski definition) is 4. The van der Waals surface area contributed by atoms with Gasteiger partial charge in [-0.15, -0.1) is 0 Å². The topological polar surface area (TPSA) is 36.9 Å². The van der Waals surface area contributed by atoms with Crippen molar-refractivity contribution in [1.29, 1.82) is 0 Å². The Bertz CT molecular complexity index is 2740. The SMILES string of the molecule is COc1ccc(C2(c3ccc(F)cc3)C=Cc3c4c(c5cc(OC)c(OC)cc5c3O2)-c2ccc(C(F)(F)F)cc2C42c3ccccc3-c3ccccc32)cc1. The number of ether oxygens (including phenoxy) is 4. The van der Waals surface area contributed by atoms with Crippen LogP contribution in [-0.2, 0) is 17.2 Å². The van der Waals surface area contributed by atoms with E-state index in [2.05, 4.69) is 0 Å². The average molecular weight is 749 g/mol. The van der Waals surface area contributed by atoms with Crippen molar-refractivity contribution in [2.45, 2.75) is 17.2 Å². The van der Waals surface area contributed by atoms with Crippen LogP contribution in [0.1, 0.15) is 44.5 Å². The third-order valence-corrected chi connectivity index (χ3v) is 11.7. The smallest absolute Gasteiger partial charge is 0.416 e. The average Bonchev–Trinajstić information content (AvgIpc) is 3.70. The first kappa shape index (κ1) is 34.0. The molecule has 1 heterocycles. The molecule has 7 aromatic carbocycles. The lowest BCUT2D eigenvalue weighted by Gasteiger charge is -2.39. The highest BCUT2D eigenvalue weighted by Crippen LogP contribution is 2.67. The van der Waals surface area contributed by atoms with Gasteiger partial charge in [0.25, 0.3) is 0 Å². The molecule has 0 amide bonds. The Morgan fingerprint density at radius 3 is 1.77 bits per heavy atom. The third-order valence-electron chi connectivity index (χ3n) is 11.7. The van der Waals surface area contributed by atoms with Gasteiger partial charge in [0, 0.05) is 22.1 Å². The van der Waals surface area contributed by atoms with Crippen LogP contribution in [0.5, 0.6) is 23.0 Å². The Morgan fingerprint density at radius 2 is 1.18 bits per heavy atom. The normalized spacial score (nSPS) is 16.8. The van der Waals surface area contributed by atoms with Gasteiger partial charge >= 0.3 is 6.18 Å². The summed E-state index contributed by atoms with van der Waals surface area (Å²) >= 11 is 0. The Kier molecular flexibility index (Phi) is 7.27. The van der Waals surface area contributed by atoms with Gasteiger partial charge in [0.2, 0.25) is 0 Å². The fourth-order valence-electron chi connectivity index (χ4n) is 9.33. The Morgan fingerprint density at radius 1 is 0.589 bits per heavy atom. The maximum absolute atomic E-state index is 14.7. The highest BCUT2D eigenvalue weighted by atomic mass is 19.4.